The summed E-state index contributed by atoms with van der Waals surface area (Å²) in [6.45, 7) is 0.763. The van der Waals surface area contributed by atoms with Gasteiger partial charge in [0.15, 0.2) is 10.4 Å². The van der Waals surface area contributed by atoms with Gasteiger partial charge in [-0.1, -0.05) is 60.7 Å². The molecule has 4 rings (SSSR count). The minimum absolute atomic E-state index is 0.137. The fourth-order valence-electron chi connectivity index (χ4n) is 3.22. The van der Waals surface area contributed by atoms with Crippen LogP contribution in [0, 0.1) is 0 Å². The van der Waals surface area contributed by atoms with E-state index in [4.69, 9.17) is 9.52 Å². The van der Waals surface area contributed by atoms with Gasteiger partial charge in [0.2, 0.25) is 5.91 Å². The van der Waals surface area contributed by atoms with Crippen molar-refractivity contribution >= 4 is 27.7 Å². The molecule has 2 aromatic heterocycles. The van der Waals surface area contributed by atoms with Gasteiger partial charge in [0.25, 0.3) is 5.91 Å². The molecule has 7 nitrogen and oxygen atoms in total. The van der Waals surface area contributed by atoms with E-state index in [1.165, 1.54) is 6.07 Å². The zero-order valence-electron chi connectivity index (χ0n) is 17.1. The molecule has 0 atom stereocenters. The minimum Gasteiger partial charge on any atom is -0.444 e. The Labute approximate surface area is 193 Å². The lowest BCUT2D eigenvalue weighted by molar-refractivity contribution is -0.120. The summed E-state index contributed by atoms with van der Waals surface area (Å²) in [6.07, 6.45) is 1.94. The molecule has 2 heterocycles. The molecule has 2 amide bonds. The summed E-state index contributed by atoms with van der Waals surface area (Å²) in [5, 5.41) is 10.1. The van der Waals surface area contributed by atoms with Crippen LogP contribution in [-0.2, 0) is 17.9 Å². The highest BCUT2D eigenvalue weighted by Crippen LogP contribution is 2.22. The second-order valence-electron chi connectivity index (χ2n) is 7.12. The average molecular weight is 493 g/mol. The summed E-state index contributed by atoms with van der Waals surface area (Å²) >= 11 is 3.15. The Morgan fingerprint density at radius 3 is 2.34 bits per heavy atom. The molecule has 8 heteroatoms. The fourth-order valence-corrected chi connectivity index (χ4v) is 3.53. The second kappa shape index (κ2) is 10.1. The predicted molar refractivity (Wildman–Crippen MR) is 124 cm³/mol. The van der Waals surface area contributed by atoms with E-state index < -0.39 is 5.91 Å². The molecule has 0 aliphatic heterocycles. The Morgan fingerprint density at radius 2 is 1.66 bits per heavy atom. The normalized spacial score (nSPS) is 10.7. The minimum atomic E-state index is -0.452. The Morgan fingerprint density at radius 1 is 0.938 bits per heavy atom. The maximum atomic E-state index is 12.3. The number of carbonyl (C=O) groups is 2. The van der Waals surface area contributed by atoms with Gasteiger partial charge in [0.1, 0.15) is 0 Å². The van der Waals surface area contributed by atoms with Crippen LogP contribution in [0.15, 0.2) is 88.1 Å². The summed E-state index contributed by atoms with van der Waals surface area (Å²) in [7, 11) is 0. The van der Waals surface area contributed by atoms with E-state index in [1.807, 2.05) is 71.5 Å². The Balaban J connectivity index is 1.42. The van der Waals surface area contributed by atoms with Gasteiger partial charge < -0.3 is 15.1 Å². The molecule has 0 saturated heterocycles. The van der Waals surface area contributed by atoms with Crippen LogP contribution in [0.3, 0.4) is 0 Å². The van der Waals surface area contributed by atoms with Gasteiger partial charge in [-0.2, -0.15) is 5.10 Å². The van der Waals surface area contributed by atoms with Crippen LogP contribution < -0.4 is 10.6 Å². The summed E-state index contributed by atoms with van der Waals surface area (Å²) in [4.78, 5) is 24.3. The van der Waals surface area contributed by atoms with Crippen molar-refractivity contribution in [2.75, 3.05) is 6.54 Å². The molecule has 0 unspecified atom stereocenters. The van der Waals surface area contributed by atoms with E-state index in [1.54, 1.807) is 6.07 Å². The van der Waals surface area contributed by atoms with Crippen molar-refractivity contribution in [2.24, 2.45) is 0 Å². The second-order valence-corrected chi connectivity index (χ2v) is 7.90. The summed E-state index contributed by atoms with van der Waals surface area (Å²) in [6, 6.07) is 23.0. The maximum Gasteiger partial charge on any atom is 0.287 e. The number of furan rings is 1. The van der Waals surface area contributed by atoms with Crippen molar-refractivity contribution in [1.82, 2.24) is 20.4 Å². The van der Waals surface area contributed by atoms with E-state index in [0.717, 1.165) is 22.4 Å². The molecular formula is C24H21BrN4O3. The number of hydrogen-bond donors (Lipinski definition) is 2. The third-order valence-electron chi connectivity index (χ3n) is 4.75. The van der Waals surface area contributed by atoms with Crippen LogP contribution in [0.5, 0.6) is 0 Å². The van der Waals surface area contributed by atoms with Gasteiger partial charge in [-0.15, -0.1) is 0 Å². The van der Waals surface area contributed by atoms with Crippen LogP contribution in [-0.4, -0.2) is 28.1 Å². The van der Waals surface area contributed by atoms with Crippen molar-refractivity contribution in [3.63, 3.8) is 0 Å². The monoisotopic (exact) mass is 492 g/mol. The van der Waals surface area contributed by atoms with E-state index in [2.05, 4.69) is 26.6 Å². The van der Waals surface area contributed by atoms with E-state index in [9.17, 15) is 9.59 Å². The smallest absolute Gasteiger partial charge is 0.287 e. The zero-order valence-corrected chi connectivity index (χ0v) is 18.7. The number of benzene rings is 2. The molecule has 0 spiro atoms. The number of carbonyl (C=O) groups excluding carboxylic acids is 2. The van der Waals surface area contributed by atoms with Gasteiger partial charge in [-0.3, -0.25) is 14.3 Å². The van der Waals surface area contributed by atoms with Crippen molar-refractivity contribution in [3.8, 4) is 11.3 Å². The van der Waals surface area contributed by atoms with Crippen molar-refractivity contribution in [2.45, 2.75) is 13.1 Å². The lowest BCUT2D eigenvalue weighted by Gasteiger charge is -2.06. The first-order valence-electron chi connectivity index (χ1n) is 10.0. The maximum absolute atomic E-state index is 12.3. The SMILES string of the molecule is O=C(CNC(=O)c1ccc(Br)o1)NCc1cn(Cc2ccccc2)nc1-c1ccccc1. The number of rotatable bonds is 8. The lowest BCUT2D eigenvalue weighted by Crippen LogP contribution is -2.36. The van der Waals surface area contributed by atoms with Crippen molar-refractivity contribution in [3.05, 3.63) is 101 Å². The topological polar surface area (TPSA) is 89.2 Å². The molecule has 0 radical (unpaired) electrons. The molecule has 32 heavy (non-hydrogen) atoms. The van der Waals surface area contributed by atoms with Gasteiger partial charge in [-0.25, -0.2) is 0 Å². The first-order valence-corrected chi connectivity index (χ1v) is 10.8. The number of nitrogens with one attached hydrogen (secondary N) is 2. The standard InChI is InChI=1S/C24H21BrN4O3/c25-21-12-11-20(32-21)24(31)27-14-22(30)26-13-19-16-29(15-17-7-3-1-4-8-17)28-23(19)18-9-5-2-6-10-18/h1-12,16H,13-15H2,(H,26,30)(H,27,31). The molecule has 0 fully saturated rings. The third kappa shape index (κ3) is 5.53. The molecule has 0 aliphatic carbocycles. The van der Waals surface area contributed by atoms with E-state index >= 15 is 0 Å². The van der Waals surface area contributed by atoms with Crippen LogP contribution in [0.2, 0.25) is 0 Å². The number of nitrogens with zero attached hydrogens (tertiary/aromatic N) is 2. The van der Waals surface area contributed by atoms with Crippen molar-refractivity contribution in [1.29, 1.82) is 0 Å². The number of halogens is 1. The Kier molecular flexibility index (Phi) is 6.81. The number of amides is 2. The molecular weight excluding hydrogens is 472 g/mol. The first kappa shape index (κ1) is 21.6. The van der Waals surface area contributed by atoms with Gasteiger partial charge in [0, 0.05) is 23.9 Å². The highest BCUT2D eigenvalue weighted by atomic mass is 79.9. The van der Waals surface area contributed by atoms with Crippen LogP contribution in [0.1, 0.15) is 21.7 Å². The van der Waals surface area contributed by atoms with E-state index in [-0.39, 0.29) is 18.2 Å². The molecule has 2 N–H and O–H groups in total. The largest absolute Gasteiger partial charge is 0.444 e. The van der Waals surface area contributed by atoms with Crippen LogP contribution >= 0.6 is 15.9 Å². The zero-order chi connectivity index (χ0) is 22.3. The van der Waals surface area contributed by atoms with Crippen LogP contribution in [0.25, 0.3) is 11.3 Å². The number of hydrogen-bond acceptors (Lipinski definition) is 4. The predicted octanol–water partition coefficient (Wildman–Crippen LogP) is 4.00. The summed E-state index contributed by atoms with van der Waals surface area (Å²) < 4.78 is 7.51. The quantitative estimate of drug-likeness (QED) is 0.389. The molecule has 0 aliphatic rings. The summed E-state index contributed by atoms with van der Waals surface area (Å²) in [5.41, 5.74) is 3.81. The van der Waals surface area contributed by atoms with Gasteiger partial charge in [-0.05, 0) is 33.6 Å². The highest BCUT2D eigenvalue weighted by molar-refractivity contribution is 9.10. The first-order chi connectivity index (χ1) is 15.6. The van der Waals surface area contributed by atoms with Gasteiger partial charge >= 0.3 is 0 Å². The molecule has 2 aromatic carbocycles. The lowest BCUT2D eigenvalue weighted by atomic mass is 10.1. The summed E-state index contributed by atoms with van der Waals surface area (Å²) in [5.74, 6) is -0.622. The number of aromatic nitrogens is 2. The highest BCUT2D eigenvalue weighted by Gasteiger charge is 2.14. The Hall–Kier alpha value is -3.65. The Bertz CT molecular complexity index is 1200. The molecule has 0 saturated carbocycles. The van der Waals surface area contributed by atoms with Crippen LogP contribution in [0.4, 0.5) is 0 Å². The molecule has 0 bridgehead atoms. The third-order valence-corrected chi connectivity index (χ3v) is 5.18. The van der Waals surface area contributed by atoms with Gasteiger partial charge in [0.05, 0.1) is 18.8 Å². The fraction of sp³-hybridized carbons (Fsp3) is 0.125. The van der Waals surface area contributed by atoms with E-state index in [0.29, 0.717) is 17.8 Å². The van der Waals surface area contributed by atoms with Crippen molar-refractivity contribution < 1.29 is 14.0 Å². The molecule has 4 aromatic rings. The average Bonchev–Trinajstić information content (AvgIpc) is 3.43. The molecule has 162 valence electrons.